The standard InChI is InChI=1S/C16H15BrO4/c1-20-13-3-2-4-14(10-13)21-15(16(18)19)9-11-5-7-12(17)8-6-11/h2-8,10,15H,9H2,1H3,(H,18,19). The van der Waals surface area contributed by atoms with Gasteiger partial charge in [0.25, 0.3) is 0 Å². The fourth-order valence-electron chi connectivity index (χ4n) is 1.85. The Morgan fingerprint density at radius 3 is 2.48 bits per heavy atom. The third-order valence-corrected chi connectivity index (χ3v) is 3.46. The van der Waals surface area contributed by atoms with E-state index in [1.54, 1.807) is 31.4 Å². The number of hydrogen-bond donors (Lipinski definition) is 1. The Morgan fingerprint density at radius 1 is 1.19 bits per heavy atom. The fraction of sp³-hybridized carbons (Fsp3) is 0.188. The summed E-state index contributed by atoms with van der Waals surface area (Å²) < 4.78 is 11.6. The van der Waals surface area contributed by atoms with Crippen LogP contribution in [0, 0.1) is 0 Å². The molecule has 0 fully saturated rings. The molecule has 0 aliphatic rings. The highest BCUT2D eigenvalue weighted by Crippen LogP contribution is 2.21. The highest BCUT2D eigenvalue weighted by atomic mass is 79.9. The summed E-state index contributed by atoms with van der Waals surface area (Å²) in [6.07, 6.45) is -0.655. The van der Waals surface area contributed by atoms with Crippen molar-refractivity contribution in [3.05, 3.63) is 58.6 Å². The Bertz CT molecular complexity index is 610. The van der Waals surface area contributed by atoms with Gasteiger partial charge in [-0.15, -0.1) is 0 Å². The molecule has 4 nitrogen and oxygen atoms in total. The molecule has 0 heterocycles. The number of rotatable bonds is 6. The van der Waals surface area contributed by atoms with E-state index in [2.05, 4.69) is 15.9 Å². The van der Waals surface area contributed by atoms with Crippen LogP contribution in [0.2, 0.25) is 0 Å². The maximum Gasteiger partial charge on any atom is 0.345 e. The van der Waals surface area contributed by atoms with E-state index in [1.165, 1.54) is 0 Å². The summed E-state index contributed by atoms with van der Waals surface area (Å²) in [5.41, 5.74) is 0.897. The van der Waals surface area contributed by atoms with Crippen molar-refractivity contribution in [2.45, 2.75) is 12.5 Å². The number of carboxylic acid groups (broad SMARTS) is 1. The summed E-state index contributed by atoms with van der Waals surface area (Å²) in [5.74, 6) is 0.0971. The highest BCUT2D eigenvalue weighted by Gasteiger charge is 2.20. The maximum atomic E-state index is 11.4. The quantitative estimate of drug-likeness (QED) is 0.865. The first-order chi connectivity index (χ1) is 10.1. The SMILES string of the molecule is COc1cccc(OC(Cc2ccc(Br)cc2)C(=O)O)c1. The van der Waals surface area contributed by atoms with Crippen molar-refractivity contribution < 1.29 is 19.4 Å². The monoisotopic (exact) mass is 350 g/mol. The number of ether oxygens (including phenoxy) is 2. The summed E-state index contributed by atoms with van der Waals surface area (Å²) in [6, 6.07) is 14.4. The zero-order valence-electron chi connectivity index (χ0n) is 11.5. The number of halogens is 1. The fourth-order valence-corrected chi connectivity index (χ4v) is 2.12. The second kappa shape index (κ2) is 7.13. The summed E-state index contributed by atoms with van der Waals surface area (Å²) >= 11 is 3.35. The van der Waals surface area contributed by atoms with Gasteiger partial charge >= 0.3 is 5.97 Å². The molecule has 0 saturated carbocycles. The number of methoxy groups -OCH3 is 1. The topological polar surface area (TPSA) is 55.8 Å². The van der Waals surface area contributed by atoms with Gasteiger partial charge in [-0.1, -0.05) is 34.1 Å². The molecule has 0 aliphatic heterocycles. The minimum atomic E-state index is -0.999. The first kappa shape index (κ1) is 15.4. The van der Waals surface area contributed by atoms with E-state index in [0.29, 0.717) is 17.9 Å². The lowest BCUT2D eigenvalue weighted by Crippen LogP contribution is -2.29. The molecule has 2 aromatic rings. The Balaban J connectivity index is 2.11. The van der Waals surface area contributed by atoms with Crippen molar-refractivity contribution >= 4 is 21.9 Å². The minimum absolute atomic E-state index is 0.291. The first-order valence-corrected chi connectivity index (χ1v) is 7.16. The molecule has 0 amide bonds. The van der Waals surface area contributed by atoms with Crippen LogP contribution >= 0.6 is 15.9 Å². The Labute approximate surface area is 131 Å². The molecule has 1 atom stereocenters. The van der Waals surface area contributed by atoms with E-state index >= 15 is 0 Å². The second-order valence-electron chi connectivity index (χ2n) is 4.45. The van der Waals surface area contributed by atoms with Gasteiger partial charge in [-0.05, 0) is 29.8 Å². The van der Waals surface area contributed by atoms with Gasteiger partial charge in [0.15, 0.2) is 6.10 Å². The molecule has 0 aliphatic carbocycles. The first-order valence-electron chi connectivity index (χ1n) is 6.36. The molecule has 5 heteroatoms. The van der Waals surface area contributed by atoms with Crippen LogP contribution in [0.1, 0.15) is 5.56 Å². The van der Waals surface area contributed by atoms with E-state index in [-0.39, 0.29) is 0 Å². The number of aliphatic carboxylic acids is 1. The van der Waals surface area contributed by atoms with Crippen LogP contribution in [-0.4, -0.2) is 24.3 Å². The molecular weight excluding hydrogens is 336 g/mol. The molecule has 110 valence electrons. The van der Waals surface area contributed by atoms with E-state index in [4.69, 9.17) is 9.47 Å². The Hall–Kier alpha value is -2.01. The van der Waals surface area contributed by atoms with Gasteiger partial charge in [0.2, 0.25) is 0 Å². The van der Waals surface area contributed by atoms with Crippen LogP contribution in [0.4, 0.5) is 0 Å². The van der Waals surface area contributed by atoms with Crippen molar-refractivity contribution in [3.8, 4) is 11.5 Å². The van der Waals surface area contributed by atoms with E-state index in [9.17, 15) is 9.90 Å². The Morgan fingerprint density at radius 2 is 1.86 bits per heavy atom. The van der Waals surface area contributed by atoms with Gasteiger partial charge in [0.1, 0.15) is 11.5 Å². The molecule has 0 radical (unpaired) electrons. The molecule has 21 heavy (non-hydrogen) atoms. The summed E-state index contributed by atoms with van der Waals surface area (Å²) in [5, 5.41) is 9.31. The minimum Gasteiger partial charge on any atom is -0.497 e. The van der Waals surface area contributed by atoms with E-state index in [0.717, 1.165) is 10.0 Å². The van der Waals surface area contributed by atoms with Crippen LogP contribution in [0.15, 0.2) is 53.0 Å². The number of hydrogen-bond acceptors (Lipinski definition) is 3. The molecule has 1 unspecified atom stereocenters. The van der Waals surface area contributed by atoms with Crippen molar-refractivity contribution in [2.24, 2.45) is 0 Å². The molecule has 0 aromatic heterocycles. The number of carboxylic acids is 1. The van der Waals surface area contributed by atoms with E-state index in [1.807, 2.05) is 24.3 Å². The number of carbonyl (C=O) groups is 1. The zero-order chi connectivity index (χ0) is 15.2. The molecule has 0 saturated heterocycles. The average molecular weight is 351 g/mol. The lowest BCUT2D eigenvalue weighted by molar-refractivity contribution is -0.145. The maximum absolute atomic E-state index is 11.4. The molecule has 2 rings (SSSR count). The highest BCUT2D eigenvalue weighted by molar-refractivity contribution is 9.10. The van der Waals surface area contributed by atoms with Gasteiger partial charge < -0.3 is 14.6 Å². The third kappa shape index (κ3) is 4.49. The second-order valence-corrected chi connectivity index (χ2v) is 5.37. The molecule has 2 aromatic carbocycles. The molecule has 0 spiro atoms. The molecule has 0 bridgehead atoms. The smallest absolute Gasteiger partial charge is 0.345 e. The number of benzene rings is 2. The lowest BCUT2D eigenvalue weighted by Gasteiger charge is -2.15. The largest absolute Gasteiger partial charge is 0.497 e. The van der Waals surface area contributed by atoms with Crippen molar-refractivity contribution in [3.63, 3.8) is 0 Å². The predicted molar refractivity (Wildman–Crippen MR) is 82.9 cm³/mol. The van der Waals surface area contributed by atoms with Gasteiger partial charge in [-0.3, -0.25) is 0 Å². The van der Waals surface area contributed by atoms with Crippen LogP contribution in [0.5, 0.6) is 11.5 Å². The van der Waals surface area contributed by atoms with Crippen LogP contribution in [0.3, 0.4) is 0 Å². The van der Waals surface area contributed by atoms with Crippen molar-refractivity contribution in [2.75, 3.05) is 7.11 Å². The van der Waals surface area contributed by atoms with Gasteiger partial charge in [0.05, 0.1) is 7.11 Å². The third-order valence-electron chi connectivity index (χ3n) is 2.93. The summed E-state index contributed by atoms with van der Waals surface area (Å²) in [7, 11) is 1.55. The Kier molecular flexibility index (Phi) is 5.22. The van der Waals surface area contributed by atoms with Crippen LogP contribution in [0.25, 0.3) is 0 Å². The average Bonchev–Trinajstić information content (AvgIpc) is 2.49. The van der Waals surface area contributed by atoms with E-state index < -0.39 is 12.1 Å². The predicted octanol–water partition coefficient (Wildman–Crippen LogP) is 3.53. The van der Waals surface area contributed by atoms with Gasteiger partial charge in [0, 0.05) is 17.0 Å². The summed E-state index contributed by atoms with van der Waals surface area (Å²) in [4.78, 5) is 11.4. The van der Waals surface area contributed by atoms with Crippen molar-refractivity contribution in [1.29, 1.82) is 0 Å². The van der Waals surface area contributed by atoms with Crippen molar-refractivity contribution in [1.82, 2.24) is 0 Å². The lowest BCUT2D eigenvalue weighted by atomic mass is 10.1. The summed E-state index contributed by atoms with van der Waals surface area (Å²) in [6.45, 7) is 0. The van der Waals surface area contributed by atoms with Gasteiger partial charge in [-0.2, -0.15) is 0 Å². The molecule has 1 N–H and O–H groups in total. The zero-order valence-corrected chi connectivity index (χ0v) is 13.0. The van der Waals surface area contributed by atoms with Crippen LogP contribution < -0.4 is 9.47 Å². The normalized spacial score (nSPS) is 11.7. The molecular formula is C16H15BrO4. The van der Waals surface area contributed by atoms with Gasteiger partial charge in [-0.25, -0.2) is 4.79 Å². The van der Waals surface area contributed by atoms with Crippen LogP contribution in [-0.2, 0) is 11.2 Å².